The molecule has 0 amide bonds. The predicted molar refractivity (Wildman–Crippen MR) is 83.4 cm³/mol. The van der Waals surface area contributed by atoms with Crippen LogP contribution in [-0.4, -0.2) is 25.3 Å². The average Bonchev–Trinajstić information content (AvgIpc) is 2.90. The first kappa shape index (κ1) is 15.9. The number of halogens is 2. The Labute approximate surface area is 129 Å². The molecule has 0 aromatic heterocycles. The van der Waals surface area contributed by atoms with E-state index in [1.165, 1.54) is 6.07 Å². The van der Waals surface area contributed by atoms with Crippen LogP contribution in [0.5, 0.6) is 0 Å². The molecule has 0 spiro atoms. The van der Waals surface area contributed by atoms with E-state index in [1.807, 2.05) is 6.07 Å². The third kappa shape index (κ3) is 3.80. The summed E-state index contributed by atoms with van der Waals surface area (Å²) < 4.78 is 20.7. The highest BCUT2D eigenvalue weighted by molar-refractivity contribution is 9.10. The first-order chi connectivity index (χ1) is 9.65. The topological polar surface area (TPSA) is 21.3 Å². The van der Waals surface area contributed by atoms with Gasteiger partial charge in [0.1, 0.15) is 5.82 Å². The Balaban J connectivity index is 2.14. The Morgan fingerprint density at radius 2 is 2.25 bits per heavy atom. The number of hydrogen-bond donors (Lipinski definition) is 1. The van der Waals surface area contributed by atoms with Crippen molar-refractivity contribution in [3.63, 3.8) is 0 Å². The van der Waals surface area contributed by atoms with E-state index in [1.54, 1.807) is 6.07 Å². The van der Waals surface area contributed by atoms with E-state index in [-0.39, 0.29) is 11.9 Å². The molecule has 4 heteroatoms. The Hall–Kier alpha value is -0.450. The second-order valence-corrected chi connectivity index (χ2v) is 6.29. The molecule has 0 saturated carbocycles. The highest BCUT2D eigenvalue weighted by atomic mass is 79.9. The van der Waals surface area contributed by atoms with Crippen molar-refractivity contribution in [1.29, 1.82) is 0 Å². The van der Waals surface area contributed by atoms with Gasteiger partial charge in [-0.1, -0.05) is 29.8 Å². The Kier molecular flexibility index (Phi) is 6.00. The molecule has 1 aliphatic rings. The smallest absolute Gasteiger partial charge is 0.126 e. The molecule has 1 fully saturated rings. The monoisotopic (exact) mass is 343 g/mol. The lowest BCUT2D eigenvalue weighted by molar-refractivity contribution is 0.0775. The highest BCUT2D eigenvalue weighted by Crippen LogP contribution is 2.29. The number of nitrogens with one attached hydrogen (secondary N) is 1. The number of ether oxygens (including phenoxy) is 1. The van der Waals surface area contributed by atoms with Crippen molar-refractivity contribution in [2.24, 2.45) is 5.92 Å². The first-order valence-electron chi connectivity index (χ1n) is 7.44. The maximum atomic E-state index is 14.0. The van der Waals surface area contributed by atoms with Crippen molar-refractivity contribution in [1.82, 2.24) is 5.32 Å². The van der Waals surface area contributed by atoms with Crippen LogP contribution in [-0.2, 0) is 11.2 Å². The molecular formula is C16H23BrFNO. The molecule has 1 saturated heterocycles. The van der Waals surface area contributed by atoms with Crippen molar-refractivity contribution >= 4 is 15.9 Å². The van der Waals surface area contributed by atoms with E-state index < -0.39 is 0 Å². The predicted octanol–water partition coefficient (Wildman–Crippen LogP) is 3.92. The van der Waals surface area contributed by atoms with Gasteiger partial charge in [0, 0.05) is 23.0 Å². The minimum absolute atomic E-state index is 0.122. The molecule has 0 aliphatic carbocycles. The molecular weight excluding hydrogens is 321 g/mol. The highest BCUT2D eigenvalue weighted by Gasteiger charge is 2.33. The maximum Gasteiger partial charge on any atom is 0.126 e. The fourth-order valence-electron chi connectivity index (χ4n) is 3.12. The Morgan fingerprint density at radius 3 is 2.95 bits per heavy atom. The van der Waals surface area contributed by atoms with Crippen LogP contribution in [0.3, 0.4) is 0 Å². The number of benzene rings is 1. The molecule has 0 radical (unpaired) electrons. The van der Waals surface area contributed by atoms with Gasteiger partial charge in [0.2, 0.25) is 0 Å². The van der Waals surface area contributed by atoms with Gasteiger partial charge >= 0.3 is 0 Å². The van der Waals surface area contributed by atoms with Gasteiger partial charge < -0.3 is 10.1 Å². The third-order valence-electron chi connectivity index (χ3n) is 4.09. The second kappa shape index (κ2) is 7.53. The van der Waals surface area contributed by atoms with E-state index in [0.717, 1.165) is 36.0 Å². The molecule has 1 heterocycles. The van der Waals surface area contributed by atoms with Crippen molar-refractivity contribution in [3.8, 4) is 0 Å². The summed E-state index contributed by atoms with van der Waals surface area (Å²) in [6.45, 7) is 5.98. The number of rotatable bonds is 6. The van der Waals surface area contributed by atoms with Gasteiger partial charge in [0.05, 0.1) is 6.10 Å². The molecule has 112 valence electrons. The average molecular weight is 344 g/mol. The first-order valence-corrected chi connectivity index (χ1v) is 8.23. The minimum atomic E-state index is -0.122. The van der Waals surface area contributed by atoms with Gasteiger partial charge in [-0.3, -0.25) is 0 Å². The van der Waals surface area contributed by atoms with Crippen LogP contribution in [0.15, 0.2) is 22.7 Å². The van der Waals surface area contributed by atoms with Crippen molar-refractivity contribution in [3.05, 3.63) is 34.1 Å². The lowest BCUT2D eigenvalue weighted by atomic mass is 9.87. The van der Waals surface area contributed by atoms with Crippen molar-refractivity contribution in [2.45, 2.75) is 45.3 Å². The van der Waals surface area contributed by atoms with E-state index in [9.17, 15) is 4.39 Å². The van der Waals surface area contributed by atoms with Gasteiger partial charge in [0.25, 0.3) is 0 Å². The van der Waals surface area contributed by atoms with E-state index in [4.69, 9.17) is 4.74 Å². The molecule has 1 aliphatic heterocycles. The van der Waals surface area contributed by atoms with E-state index >= 15 is 0 Å². The summed E-state index contributed by atoms with van der Waals surface area (Å²) >= 11 is 3.42. The standard InChI is InChI=1S/C16H23BrFNO/c1-3-16-13(7-8-20-16)15(19-4-2)10-11-9-12(17)5-6-14(11)18/h5-6,9,13,15-16,19H,3-4,7-8,10H2,1-2H3. The van der Waals surface area contributed by atoms with Crippen LogP contribution >= 0.6 is 15.9 Å². The molecule has 2 nitrogen and oxygen atoms in total. The van der Waals surface area contributed by atoms with E-state index in [2.05, 4.69) is 35.1 Å². The lowest BCUT2D eigenvalue weighted by Crippen LogP contribution is -2.41. The maximum absolute atomic E-state index is 14.0. The summed E-state index contributed by atoms with van der Waals surface area (Å²) in [7, 11) is 0. The summed E-state index contributed by atoms with van der Waals surface area (Å²) in [4.78, 5) is 0. The lowest BCUT2D eigenvalue weighted by Gasteiger charge is -2.28. The normalized spacial score (nSPS) is 24.0. The zero-order chi connectivity index (χ0) is 14.5. The largest absolute Gasteiger partial charge is 0.378 e. The summed E-state index contributed by atoms with van der Waals surface area (Å²) in [5.41, 5.74) is 0.770. The van der Waals surface area contributed by atoms with Crippen LogP contribution in [0, 0.1) is 11.7 Å². The summed E-state index contributed by atoms with van der Waals surface area (Å²) in [6, 6.07) is 5.44. The van der Waals surface area contributed by atoms with Gasteiger partial charge in [-0.15, -0.1) is 0 Å². The van der Waals surface area contributed by atoms with Gasteiger partial charge in [-0.25, -0.2) is 4.39 Å². The fraction of sp³-hybridized carbons (Fsp3) is 0.625. The Bertz CT molecular complexity index is 440. The minimum Gasteiger partial charge on any atom is -0.378 e. The fourth-order valence-corrected chi connectivity index (χ4v) is 3.53. The van der Waals surface area contributed by atoms with Crippen LogP contribution < -0.4 is 5.32 Å². The van der Waals surface area contributed by atoms with Crippen LogP contribution in [0.1, 0.15) is 32.3 Å². The van der Waals surface area contributed by atoms with Gasteiger partial charge in [-0.2, -0.15) is 0 Å². The summed E-state index contributed by atoms with van der Waals surface area (Å²) in [5.74, 6) is 0.349. The van der Waals surface area contributed by atoms with E-state index in [0.29, 0.717) is 18.4 Å². The second-order valence-electron chi connectivity index (χ2n) is 5.37. The molecule has 2 rings (SSSR count). The molecule has 1 aromatic carbocycles. The number of hydrogen-bond acceptors (Lipinski definition) is 2. The zero-order valence-electron chi connectivity index (χ0n) is 12.2. The van der Waals surface area contributed by atoms with Crippen molar-refractivity contribution in [2.75, 3.05) is 13.2 Å². The molecule has 3 atom stereocenters. The summed E-state index contributed by atoms with van der Waals surface area (Å²) in [6.07, 6.45) is 3.09. The SMILES string of the molecule is CCNC(Cc1cc(Br)ccc1F)C1CCOC1CC. The van der Waals surface area contributed by atoms with Crippen LogP contribution in [0.2, 0.25) is 0 Å². The van der Waals surface area contributed by atoms with Crippen molar-refractivity contribution < 1.29 is 9.13 Å². The molecule has 3 unspecified atom stereocenters. The van der Waals surface area contributed by atoms with Gasteiger partial charge in [0.15, 0.2) is 0 Å². The zero-order valence-corrected chi connectivity index (χ0v) is 13.7. The molecule has 1 N–H and O–H groups in total. The molecule has 0 bridgehead atoms. The van der Waals surface area contributed by atoms with Crippen LogP contribution in [0.4, 0.5) is 4.39 Å². The summed E-state index contributed by atoms with van der Waals surface area (Å²) in [5, 5.41) is 3.52. The van der Waals surface area contributed by atoms with Gasteiger partial charge in [-0.05, 0) is 49.6 Å². The quantitative estimate of drug-likeness (QED) is 0.845. The molecule has 1 aromatic rings. The third-order valence-corrected chi connectivity index (χ3v) is 4.59. The number of likely N-dealkylation sites (N-methyl/N-ethyl adjacent to an activating group) is 1. The Morgan fingerprint density at radius 1 is 1.45 bits per heavy atom. The van der Waals surface area contributed by atoms with Crippen LogP contribution in [0.25, 0.3) is 0 Å². The molecule has 20 heavy (non-hydrogen) atoms.